The first-order valence-electron chi connectivity index (χ1n) is 7.26. The molecule has 21 heavy (non-hydrogen) atoms. The van der Waals surface area contributed by atoms with E-state index in [0.29, 0.717) is 12.5 Å². The Morgan fingerprint density at radius 2 is 2.05 bits per heavy atom. The molecule has 2 N–H and O–H groups in total. The van der Waals surface area contributed by atoms with E-state index in [4.69, 9.17) is 4.42 Å². The van der Waals surface area contributed by atoms with E-state index < -0.39 is 0 Å². The Balaban J connectivity index is 1.93. The normalized spacial score (nSPS) is 11.9. The second-order valence-electron chi connectivity index (χ2n) is 5.17. The maximum atomic E-state index is 11.5. The Bertz CT molecular complexity index is 564. The number of aryl methyl sites for hydroxylation is 1. The van der Waals surface area contributed by atoms with Gasteiger partial charge in [-0.3, -0.25) is 4.79 Å². The van der Waals surface area contributed by atoms with Crippen LogP contribution in [0.4, 0.5) is 5.69 Å². The number of anilines is 1. The maximum absolute atomic E-state index is 11.5. The van der Waals surface area contributed by atoms with Crippen LogP contribution < -0.4 is 10.6 Å². The van der Waals surface area contributed by atoms with Crippen LogP contribution in [0.25, 0.3) is 0 Å². The molecule has 2 rings (SSSR count). The van der Waals surface area contributed by atoms with E-state index in [1.54, 1.807) is 13.3 Å². The summed E-state index contributed by atoms with van der Waals surface area (Å²) < 4.78 is 5.34. The molecule has 1 aromatic carbocycles. The van der Waals surface area contributed by atoms with Gasteiger partial charge in [0.25, 0.3) is 0 Å². The fraction of sp³-hybridized carbons (Fsp3) is 0.353. The molecule has 1 unspecified atom stereocenters. The van der Waals surface area contributed by atoms with E-state index in [1.165, 1.54) is 0 Å². The molecule has 112 valence electrons. The molecule has 1 aromatic heterocycles. The summed E-state index contributed by atoms with van der Waals surface area (Å²) in [5, 5.41) is 6.14. The zero-order valence-electron chi connectivity index (χ0n) is 12.6. The van der Waals surface area contributed by atoms with Crippen molar-refractivity contribution in [1.82, 2.24) is 5.32 Å². The Morgan fingerprint density at radius 1 is 1.24 bits per heavy atom. The molecule has 1 atom stereocenters. The molecule has 0 saturated heterocycles. The first-order valence-corrected chi connectivity index (χ1v) is 7.26. The van der Waals surface area contributed by atoms with Crippen LogP contribution in [0, 0.1) is 0 Å². The molecule has 0 saturated carbocycles. The van der Waals surface area contributed by atoms with Crippen molar-refractivity contribution in [3.63, 3.8) is 0 Å². The minimum Gasteiger partial charge on any atom is -0.469 e. The third-order valence-electron chi connectivity index (χ3n) is 3.45. The number of hydrogen-bond donors (Lipinski definition) is 2. The SMILES string of the molecule is CNC(=O)Cc1ccccc1NC(C)CCc1ccco1. The Hall–Kier alpha value is -2.23. The second-order valence-corrected chi connectivity index (χ2v) is 5.17. The van der Waals surface area contributed by atoms with Crippen molar-refractivity contribution < 1.29 is 9.21 Å². The number of furan rings is 1. The van der Waals surface area contributed by atoms with Crippen molar-refractivity contribution in [2.45, 2.75) is 32.2 Å². The number of amides is 1. The summed E-state index contributed by atoms with van der Waals surface area (Å²) in [5.74, 6) is 1.02. The van der Waals surface area contributed by atoms with Crippen LogP contribution >= 0.6 is 0 Å². The molecular formula is C17H22N2O2. The van der Waals surface area contributed by atoms with E-state index >= 15 is 0 Å². The zero-order valence-corrected chi connectivity index (χ0v) is 12.6. The summed E-state index contributed by atoms with van der Waals surface area (Å²) >= 11 is 0. The van der Waals surface area contributed by atoms with E-state index in [1.807, 2.05) is 36.4 Å². The summed E-state index contributed by atoms with van der Waals surface area (Å²) in [6, 6.07) is 12.1. The van der Waals surface area contributed by atoms with Gasteiger partial charge in [0.15, 0.2) is 0 Å². The van der Waals surface area contributed by atoms with Gasteiger partial charge in [-0.1, -0.05) is 18.2 Å². The van der Waals surface area contributed by atoms with Crippen LogP contribution in [0.2, 0.25) is 0 Å². The maximum Gasteiger partial charge on any atom is 0.224 e. The van der Waals surface area contributed by atoms with Gasteiger partial charge < -0.3 is 15.1 Å². The van der Waals surface area contributed by atoms with E-state index in [-0.39, 0.29) is 5.91 Å². The third-order valence-corrected chi connectivity index (χ3v) is 3.45. The summed E-state index contributed by atoms with van der Waals surface area (Å²) in [6.07, 6.45) is 3.97. The number of rotatable bonds is 7. The van der Waals surface area contributed by atoms with Crippen molar-refractivity contribution in [2.24, 2.45) is 0 Å². The van der Waals surface area contributed by atoms with E-state index in [0.717, 1.165) is 29.9 Å². The van der Waals surface area contributed by atoms with Gasteiger partial charge in [-0.25, -0.2) is 0 Å². The lowest BCUT2D eigenvalue weighted by molar-refractivity contribution is -0.119. The number of para-hydroxylation sites is 1. The minimum absolute atomic E-state index is 0.0208. The first-order chi connectivity index (χ1) is 10.2. The van der Waals surface area contributed by atoms with Crippen molar-refractivity contribution >= 4 is 11.6 Å². The molecular weight excluding hydrogens is 264 g/mol. The lowest BCUT2D eigenvalue weighted by Gasteiger charge is -2.17. The predicted molar refractivity (Wildman–Crippen MR) is 84.3 cm³/mol. The molecule has 0 aliphatic heterocycles. The molecule has 0 aliphatic carbocycles. The summed E-state index contributed by atoms with van der Waals surface area (Å²) in [7, 11) is 1.66. The molecule has 1 heterocycles. The van der Waals surface area contributed by atoms with Crippen LogP contribution in [-0.4, -0.2) is 19.0 Å². The first kappa shape index (κ1) is 15.2. The standard InChI is InChI=1S/C17H22N2O2/c1-13(9-10-15-7-5-11-21-15)19-16-8-4-3-6-14(16)12-17(20)18-2/h3-8,11,13,19H,9-10,12H2,1-2H3,(H,18,20). The molecule has 1 amide bonds. The molecule has 0 aliphatic rings. The number of benzene rings is 1. The Morgan fingerprint density at radius 3 is 2.76 bits per heavy atom. The second kappa shape index (κ2) is 7.53. The highest BCUT2D eigenvalue weighted by atomic mass is 16.3. The fourth-order valence-corrected chi connectivity index (χ4v) is 2.23. The topological polar surface area (TPSA) is 54.3 Å². The largest absolute Gasteiger partial charge is 0.469 e. The van der Waals surface area contributed by atoms with Gasteiger partial charge in [0, 0.05) is 25.2 Å². The van der Waals surface area contributed by atoms with Crippen molar-refractivity contribution in [2.75, 3.05) is 12.4 Å². The number of nitrogens with one attached hydrogen (secondary N) is 2. The average molecular weight is 286 g/mol. The third kappa shape index (κ3) is 4.67. The highest BCUT2D eigenvalue weighted by Gasteiger charge is 2.09. The molecule has 2 aromatic rings. The van der Waals surface area contributed by atoms with Crippen LogP contribution in [0.1, 0.15) is 24.7 Å². The van der Waals surface area contributed by atoms with Gasteiger partial charge in [0.05, 0.1) is 12.7 Å². The number of carbonyl (C=O) groups excluding carboxylic acids is 1. The monoisotopic (exact) mass is 286 g/mol. The van der Waals surface area contributed by atoms with Gasteiger partial charge >= 0.3 is 0 Å². The highest BCUT2D eigenvalue weighted by molar-refractivity contribution is 5.80. The van der Waals surface area contributed by atoms with Gasteiger partial charge in [0.1, 0.15) is 5.76 Å². The minimum atomic E-state index is 0.0208. The van der Waals surface area contributed by atoms with Gasteiger partial charge in [-0.15, -0.1) is 0 Å². The van der Waals surface area contributed by atoms with Crippen LogP contribution in [0.3, 0.4) is 0 Å². The quantitative estimate of drug-likeness (QED) is 0.822. The van der Waals surface area contributed by atoms with Crippen molar-refractivity contribution in [1.29, 1.82) is 0 Å². The highest BCUT2D eigenvalue weighted by Crippen LogP contribution is 2.18. The lowest BCUT2D eigenvalue weighted by Crippen LogP contribution is -2.22. The Labute approximate surface area is 125 Å². The molecule has 4 heteroatoms. The zero-order chi connectivity index (χ0) is 15.1. The molecule has 0 spiro atoms. The fourth-order valence-electron chi connectivity index (χ4n) is 2.23. The molecule has 0 fully saturated rings. The Kier molecular flexibility index (Phi) is 5.43. The summed E-state index contributed by atoms with van der Waals surface area (Å²) in [5.41, 5.74) is 2.04. The summed E-state index contributed by atoms with van der Waals surface area (Å²) in [4.78, 5) is 11.5. The average Bonchev–Trinajstić information content (AvgIpc) is 3.00. The van der Waals surface area contributed by atoms with Crippen molar-refractivity contribution in [3.05, 3.63) is 54.0 Å². The smallest absolute Gasteiger partial charge is 0.224 e. The van der Waals surface area contributed by atoms with Crippen LogP contribution in [-0.2, 0) is 17.6 Å². The predicted octanol–water partition coefficient (Wildman–Crippen LogP) is 3.00. The van der Waals surface area contributed by atoms with Gasteiger partial charge in [0.2, 0.25) is 5.91 Å². The van der Waals surface area contributed by atoms with Crippen molar-refractivity contribution in [3.8, 4) is 0 Å². The van der Waals surface area contributed by atoms with Gasteiger partial charge in [-0.05, 0) is 37.1 Å². The van der Waals surface area contributed by atoms with Gasteiger partial charge in [-0.2, -0.15) is 0 Å². The van der Waals surface area contributed by atoms with E-state index in [9.17, 15) is 4.79 Å². The van der Waals surface area contributed by atoms with Crippen LogP contribution in [0.5, 0.6) is 0 Å². The number of likely N-dealkylation sites (N-methyl/N-ethyl adjacent to an activating group) is 1. The van der Waals surface area contributed by atoms with Crippen LogP contribution in [0.15, 0.2) is 47.1 Å². The molecule has 4 nitrogen and oxygen atoms in total. The lowest BCUT2D eigenvalue weighted by atomic mass is 10.1. The number of hydrogen-bond acceptors (Lipinski definition) is 3. The van der Waals surface area contributed by atoms with E-state index in [2.05, 4.69) is 17.6 Å². The number of carbonyl (C=O) groups is 1. The molecule has 0 bridgehead atoms. The molecule has 0 radical (unpaired) electrons. The summed E-state index contributed by atoms with van der Waals surface area (Å²) in [6.45, 7) is 2.14.